The summed E-state index contributed by atoms with van der Waals surface area (Å²) in [4.78, 5) is 12.4. The van der Waals surface area contributed by atoms with Crippen molar-refractivity contribution in [2.75, 3.05) is 5.32 Å². The van der Waals surface area contributed by atoms with Gasteiger partial charge in [-0.1, -0.05) is 23.7 Å². The number of carbonyl (C=O) groups is 1. The van der Waals surface area contributed by atoms with Crippen LogP contribution in [0.1, 0.15) is 21.9 Å². The standard InChI is InChI=1S/C22H13ClF5N3O3/c23-12-3-1-2-11(6-12)8-31-9-13(7-29-31)30-22(32)15-5-4-14(34-15)10-33-21-19(27)17(25)16(24)18(26)20(21)28/h1-7,9H,8,10H2,(H,30,32). The number of aromatic nitrogens is 2. The van der Waals surface area contributed by atoms with E-state index in [-0.39, 0.29) is 11.5 Å². The van der Waals surface area contributed by atoms with Crippen LogP contribution >= 0.6 is 11.6 Å². The first kappa shape index (κ1) is 23.3. The molecule has 0 atom stereocenters. The second kappa shape index (κ2) is 9.56. The van der Waals surface area contributed by atoms with E-state index in [2.05, 4.69) is 10.4 Å². The van der Waals surface area contributed by atoms with Gasteiger partial charge in [0.1, 0.15) is 12.4 Å². The van der Waals surface area contributed by atoms with Crippen molar-refractivity contribution >= 4 is 23.2 Å². The zero-order chi connectivity index (χ0) is 24.4. The number of furan rings is 1. The number of hydrogen-bond donors (Lipinski definition) is 1. The van der Waals surface area contributed by atoms with Crippen LogP contribution in [-0.4, -0.2) is 15.7 Å². The van der Waals surface area contributed by atoms with Crippen molar-refractivity contribution in [3.63, 3.8) is 0 Å². The lowest BCUT2D eigenvalue weighted by Crippen LogP contribution is -2.10. The maximum atomic E-state index is 13.7. The lowest BCUT2D eigenvalue weighted by atomic mass is 10.2. The number of rotatable bonds is 7. The molecule has 2 aromatic carbocycles. The predicted molar refractivity (Wildman–Crippen MR) is 110 cm³/mol. The molecule has 4 rings (SSSR count). The minimum Gasteiger partial charge on any atom is -0.479 e. The van der Waals surface area contributed by atoms with Crippen LogP contribution in [0.4, 0.5) is 27.6 Å². The van der Waals surface area contributed by atoms with E-state index in [4.69, 9.17) is 20.8 Å². The first-order valence-electron chi connectivity index (χ1n) is 9.54. The third-order valence-corrected chi connectivity index (χ3v) is 4.77. The summed E-state index contributed by atoms with van der Waals surface area (Å²) in [6.07, 6.45) is 2.99. The Kier molecular flexibility index (Phi) is 6.55. The number of amides is 1. The summed E-state index contributed by atoms with van der Waals surface area (Å²) in [5, 5.41) is 7.28. The van der Waals surface area contributed by atoms with Crippen molar-refractivity contribution in [3.8, 4) is 5.75 Å². The van der Waals surface area contributed by atoms with Crippen LogP contribution in [0.3, 0.4) is 0 Å². The van der Waals surface area contributed by atoms with Crippen molar-refractivity contribution in [1.29, 1.82) is 0 Å². The molecule has 0 radical (unpaired) electrons. The average Bonchev–Trinajstić information content (AvgIpc) is 3.46. The van der Waals surface area contributed by atoms with E-state index >= 15 is 0 Å². The summed E-state index contributed by atoms with van der Waals surface area (Å²) in [5.74, 6) is -13.2. The number of nitrogens with zero attached hydrogens (tertiary/aromatic N) is 2. The van der Waals surface area contributed by atoms with Gasteiger partial charge >= 0.3 is 0 Å². The SMILES string of the molecule is O=C(Nc1cnn(Cc2cccc(Cl)c2)c1)c1ccc(COc2c(F)c(F)c(F)c(F)c2F)o1. The Bertz CT molecular complexity index is 1340. The number of anilines is 1. The Balaban J connectivity index is 1.38. The number of carbonyl (C=O) groups excluding carboxylic acids is 1. The number of ether oxygens (including phenoxy) is 1. The van der Waals surface area contributed by atoms with Crippen molar-refractivity contribution < 1.29 is 35.9 Å². The number of nitrogens with one attached hydrogen (secondary N) is 1. The zero-order valence-electron chi connectivity index (χ0n) is 16.9. The Labute approximate surface area is 193 Å². The maximum Gasteiger partial charge on any atom is 0.291 e. The van der Waals surface area contributed by atoms with Crippen LogP contribution in [0.5, 0.6) is 5.75 Å². The summed E-state index contributed by atoms with van der Waals surface area (Å²) in [6, 6.07) is 9.69. The molecule has 4 aromatic rings. The molecule has 6 nitrogen and oxygen atoms in total. The average molecular weight is 498 g/mol. The van der Waals surface area contributed by atoms with Crippen molar-refractivity contribution in [1.82, 2.24) is 9.78 Å². The second-order valence-electron chi connectivity index (χ2n) is 6.96. The van der Waals surface area contributed by atoms with Gasteiger partial charge in [0.2, 0.25) is 29.1 Å². The number of halogens is 6. The molecule has 2 aromatic heterocycles. The predicted octanol–water partition coefficient (Wildman–Crippen LogP) is 5.70. The summed E-state index contributed by atoms with van der Waals surface area (Å²) >= 11 is 5.96. The van der Waals surface area contributed by atoms with Gasteiger partial charge in [0.05, 0.1) is 18.4 Å². The molecule has 0 aliphatic rings. The van der Waals surface area contributed by atoms with Crippen molar-refractivity contribution in [2.24, 2.45) is 0 Å². The van der Waals surface area contributed by atoms with Gasteiger partial charge in [0.25, 0.3) is 5.91 Å². The van der Waals surface area contributed by atoms with Gasteiger partial charge in [-0.25, -0.2) is 13.2 Å². The van der Waals surface area contributed by atoms with Crippen LogP contribution in [0.15, 0.2) is 53.2 Å². The quantitative estimate of drug-likeness (QED) is 0.202. The van der Waals surface area contributed by atoms with E-state index in [1.54, 1.807) is 29.1 Å². The molecule has 0 saturated carbocycles. The van der Waals surface area contributed by atoms with E-state index in [0.29, 0.717) is 17.3 Å². The Morgan fingerprint density at radius 1 is 1.03 bits per heavy atom. The maximum absolute atomic E-state index is 13.7. The molecular weight excluding hydrogens is 485 g/mol. The zero-order valence-corrected chi connectivity index (χ0v) is 17.7. The lowest BCUT2D eigenvalue weighted by molar-refractivity contribution is 0.0992. The van der Waals surface area contributed by atoms with E-state index in [9.17, 15) is 26.7 Å². The van der Waals surface area contributed by atoms with E-state index in [1.165, 1.54) is 18.3 Å². The topological polar surface area (TPSA) is 69.3 Å². The minimum atomic E-state index is -2.30. The van der Waals surface area contributed by atoms with Gasteiger partial charge < -0.3 is 14.5 Å². The first-order valence-corrected chi connectivity index (χ1v) is 9.92. The van der Waals surface area contributed by atoms with Gasteiger partial charge in [0, 0.05) is 11.2 Å². The molecular formula is C22H13ClF5N3O3. The molecule has 0 aliphatic carbocycles. The highest BCUT2D eigenvalue weighted by Crippen LogP contribution is 2.30. The molecule has 0 unspecified atom stereocenters. The number of hydrogen-bond acceptors (Lipinski definition) is 4. The summed E-state index contributed by atoms with van der Waals surface area (Å²) in [5.41, 5.74) is 1.26. The molecule has 0 fully saturated rings. The third-order valence-electron chi connectivity index (χ3n) is 4.54. The molecule has 2 heterocycles. The number of benzene rings is 2. The van der Waals surface area contributed by atoms with E-state index in [0.717, 1.165) is 5.56 Å². The van der Waals surface area contributed by atoms with Crippen LogP contribution < -0.4 is 10.1 Å². The highest BCUT2D eigenvalue weighted by atomic mass is 35.5. The van der Waals surface area contributed by atoms with Crippen molar-refractivity contribution in [3.05, 3.63) is 100.0 Å². The van der Waals surface area contributed by atoms with Crippen LogP contribution in [-0.2, 0) is 13.2 Å². The highest BCUT2D eigenvalue weighted by Gasteiger charge is 2.27. The molecule has 0 saturated heterocycles. The third kappa shape index (κ3) is 4.88. The largest absolute Gasteiger partial charge is 0.479 e. The van der Waals surface area contributed by atoms with Crippen LogP contribution in [0.2, 0.25) is 5.02 Å². The van der Waals surface area contributed by atoms with Gasteiger partial charge in [0.15, 0.2) is 11.5 Å². The molecule has 1 N–H and O–H groups in total. The Morgan fingerprint density at radius 2 is 1.74 bits per heavy atom. The van der Waals surface area contributed by atoms with Crippen LogP contribution in [0.25, 0.3) is 0 Å². The lowest BCUT2D eigenvalue weighted by Gasteiger charge is -2.09. The second-order valence-corrected chi connectivity index (χ2v) is 7.40. The van der Waals surface area contributed by atoms with E-state index < -0.39 is 47.3 Å². The fraction of sp³-hybridized carbons (Fsp3) is 0.0909. The molecule has 12 heteroatoms. The van der Waals surface area contributed by atoms with Gasteiger partial charge in [-0.05, 0) is 29.8 Å². The van der Waals surface area contributed by atoms with Crippen molar-refractivity contribution in [2.45, 2.75) is 13.2 Å². The van der Waals surface area contributed by atoms with Gasteiger partial charge in [-0.2, -0.15) is 13.9 Å². The van der Waals surface area contributed by atoms with Gasteiger partial charge in [-0.15, -0.1) is 0 Å². The molecule has 176 valence electrons. The normalized spacial score (nSPS) is 11.0. The summed E-state index contributed by atoms with van der Waals surface area (Å²) in [6.45, 7) is -0.278. The fourth-order valence-corrected chi connectivity index (χ4v) is 3.17. The fourth-order valence-electron chi connectivity index (χ4n) is 2.96. The molecule has 34 heavy (non-hydrogen) atoms. The Morgan fingerprint density at radius 3 is 2.44 bits per heavy atom. The Hall–Kier alpha value is -3.86. The van der Waals surface area contributed by atoms with Gasteiger partial charge in [-0.3, -0.25) is 9.48 Å². The molecule has 0 spiro atoms. The molecule has 1 amide bonds. The summed E-state index contributed by atoms with van der Waals surface area (Å²) in [7, 11) is 0. The monoisotopic (exact) mass is 497 g/mol. The highest BCUT2D eigenvalue weighted by molar-refractivity contribution is 6.30. The smallest absolute Gasteiger partial charge is 0.291 e. The van der Waals surface area contributed by atoms with E-state index in [1.807, 2.05) is 6.07 Å². The molecule has 0 bridgehead atoms. The minimum absolute atomic E-state index is 0.0919. The van der Waals surface area contributed by atoms with Crippen LogP contribution in [0, 0.1) is 29.1 Å². The summed E-state index contributed by atoms with van der Waals surface area (Å²) < 4.78 is 78.5. The first-order chi connectivity index (χ1) is 16.2. The molecule has 0 aliphatic heterocycles.